The summed E-state index contributed by atoms with van der Waals surface area (Å²) in [4.78, 5) is 1.67. The zero-order valence-corrected chi connectivity index (χ0v) is 11.5. The fraction of sp³-hybridized carbons (Fsp3) is 0.625. The van der Waals surface area contributed by atoms with Crippen molar-refractivity contribution >= 4 is 0 Å². The second-order valence-electron chi connectivity index (χ2n) is 5.56. The maximum Gasteiger partial charge on any atom is 0.0947 e. The van der Waals surface area contributed by atoms with Crippen LogP contribution in [0.5, 0.6) is 0 Å². The van der Waals surface area contributed by atoms with Crippen LogP contribution in [-0.4, -0.2) is 24.7 Å². The predicted octanol–water partition coefficient (Wildman–Crippen LogP) is 1.74. The molecular formula is C16H26NO+. The number of piperidine rings is 1. The summed E-state index contributed by atoms with van der Waals surface area (Å²) in [6.45, 7) is 5.75. The highest BCUT2D eigenvalue weighted by Gasteiger charge is 2.29. The molecule has 1 aromatic rings. The zero-order chi connectivity index (χ0) is 12.8. The van der Waals surface area contributed by atoms with Crippen molar-refractivity contribution in [1.29, 1.82) is 0 Å². The van der Waals surface area contributed by atoms with Gasteiger partial charge in [-0.05, 0) is 31.2 Å². The Hall–Kier alpha value is -0.860. The molecule has 1 heterocycles. The second kappa shape index (κ2) is 6.35. The van der Waals surface area contributed by atoms with Crippen LogP contribution in [0, 0.1) is 0 Å². The summed E-state index contributed by atoms with van der Waals surface area (Å²) < 4.78 is 0. The van der Waals surface area contributed by atoms with Crippen LogP contribution >= 0.6 is 0 Å². The van der Waals surface area contributed by atoms with Gasteiger partial charge in [0.15, 0.2) is 0 Å². The van der Waals surface area contributed by atoms with Gasteiger partial charge < -0.3 is 10.0 Å². The van der Waals surface area contributed by atoms with E-state index in [0.717, 1.165) is 24.9 Å². The first-order valence-electron chi connectivity index (χ1n) is 7.36. The van der Waals surface area contributed by atoms with Crippen molar-refractivity contribution in [3.63, 3.8) is 0 Å². The van der Waals surface area contributed by atoms with Crippen molar-refractivity contribution in [3.05, 3.63) is 35.9 Å². The Bertz CT molecular complexity index is 345. The van der Waals surface area contributed by atoms with Crippen LogP contribution in [-0.2, 0) is 5.60 Å². The second-order valence-corrected chi connectivity index (χ2v) is 5.56. The van der Waals surface area contributed by atoms with Gasteiger partial charge in [0, 0.05) is 6.42 Å². The smallest absolute Gasteiger partial charge is 0.0947 e. The molecule has 1 saturated heterocycles. The van der Waals surface area contributed by atoms with Gasteiger partial charge in [-0.2, -0.15) is 0 Å². The minimum Gasteiger partial charge on any atom is -0.385 e. The summed E-state index contributed by atoms with van der Waals surface area (Å²) in [6, 6.07) is 10.1. The Labute approximate surface area is 111 Å². The highest BCUT2D eigenvalue weighted by molar-refractivity contribution is 5.21. The van der Waals surface area contributed by atoms with Crippen molar-refractivity contribution in [3.8, 4) is 0 Å². The summed E-state index contributed by atoms with van der Waals surface area (Å²) in [6.07, 6.45) is 5.77. The Morgan fingerprint density at radius 3 is 2.39 bits per heavy atom. The number of likely N-dealkylation sites (tertiary alicyclic amines) is 1. The number of hydrogen-bond donors (Lipinski definition) is 2. The number of aliphatic hydroxyl groups is 1. The molecule has 0 aromatic heterocycles. The molecule has 1 aliphatic rings. The summed E-state index contributed by atoms with van der Waals surface area (Å²) in [5, 5.41) is 10.8. The molecule has 0 amide bonds. The van der Waals surface area contributed by atoms with E-state index in [1.165, 1.54) is 32.4 Å². The minimum absolute atomic E-state index is 0.633. The summed E-state index contributed by atoms with van der Waals surface area (Å²) in [5.41, 5.74) is 0.440. The molecule has 2 heteroatoms. The molecule has 0 unspecified atom stereocenters. The number of hydrogen-bond acceptors (Lipinski definition) is 1. The Morgan fingerprint density at radius 2 is 1.78 bits per heavy atom. The fourth-order valence-corrected chi connectivity index (χ4v) is 2.96. The molecule has 18 heavy (non-hydrogen) atoms. The SMILES string of the molecule is CC[C@](O)(CC[NH+]1CCCCC1)c1ccccc1. The van der Waals surface area contributed by atoms with Gasteiger partial charge >= 0.3 is 0 Å². The van der Waals surface area contributed by atoms with E-state index in [1.54, 1.807) is 4.90 Å². The van der Waals surface area contributed by atoms with E-state index in [-0.39, 0.29) is 0 Å². The van der Waals surface area contributed by atoms with Crippen molar-refractivity contribution in [1.82, 2.24) is 0 Å². The van der Waals surface area contributed by atoms with Gasteiger partial charge in [0.1, 0.15) is 0 Å². The number of rotatable bonds is 5. The van der Waals surface area contributed by atoms with Crippen LogP contribution in [0.4, 0.5) is 0 Å². The first-order chi connectivity index (χ1) is 8.74. The summed E-state index contributed by atoms with van der Waals surface area (Å²) >= 11 is 0. The first-order valence-corrected chi connectivity index (χ1v) is 7.36. The average Bonchev–Trinajstić information content (AvgIpc) is 2.47. The van der Waals surface area contributed by atoms with Crippen LogP contribution in [0.1, 0.15) is 44.6 Å². The van der Waals surface area contributed by atoms with Gasteiger partial charge in [-0.15, -0.1) is 0 Å². The molecule has 2 rings (SSSR count). The third-order valence-electron chi connectivity index (χ3n) is 4.35. The van der Waals surface area contributed by atoms with E-state index in [4.69, 9.17) is 0 Å². The third kappa shape index (κ3) is 3.33. The molecule has 0 bridgehead atoms. The molecule has 1 aromatic carbocycles. The van der Waals surface area contributed by atoms with E-state index in [9.17, 15) is 5.11 Å². The molecule has 1 atom stereocenters. The monoisotopic (exact) mass is 248 g/mol. The van der Waals surface area contributed by atoms with Crippen molar-refractivity contribution < 1.29 is 10.0 Å². The molecule has 2 N–H and O–H groups in total. The lowest BCUT2D eigenvalue weighted by molar-refractivity contribution is -0.905. The maximum absolute atomic E-state index is 10.8. The third-order valence-corrected chi connectivity index (χ3v) is 4.35. The number of quaternary nitrogens is 1. The molecular weight excluding hydrogens is 222 g/mol. The average molecular weight is 248 g/mol. The van der Waals surface area contributed by atoms with Crippen molar-refractivity contribution in [2.75, 3.05) is 19.6 Å². The Morgan fingerprint density at radius 1 is 1.11 bits per heavy atom. The lowest BCUT2D eigenvalue weighted by Crippen LogP contribution is -3.13. The van der Waals surface area contributed by atoms with E-state index >= 15 is 0 Å². The van der Waals surface area contributed by atoms with Gasteiger partial charge in [0.25, 0.3) is 0 Å². The van der Waals surface area contributed by atoms with Gasteiger partial charge in [0.2, 0.25) is 0 Å². The largest absolute Gasteiger partial charge is 0.385 e. The lowest BCUT2D eigenvalue weighted by atomic mass is 9.87. The van der Waals surface area contributed by atoms with Gasteiger partial charge in [0.05, 0.1) is 25.2 Å². The quantitative estimate of drug-likeness (QED) is 0.815. The normalized spacial score (nSPS) is 20.6. The Balaban J connectivity index is 1.95. The maximum atomic E-state index is 10.8. The van der Waals surface area contributed by atoms with Crippen molar-refractivity contribution in [2.45, 2.75) is 44.6 Å². The molecule has 0 spiro atoms. The van der Waals surface area contributed by atoms with Gasteiger partial charge in [-0.3, -0.25) is 0 Å². The predicted molar refractivity (Wildman–Crippen MR) is 74.7 cm³/mol. The van der Waals surface area contributed by atoms with Crippen LogP contribution in [0.25, 0.3) is 0 Å². The topological polar surface area (TPSA) is 24.7 Å². The number of benzene rings is 1. The van der Waals surface area contributed by atoms with Crippen molar-refractivity contribution in [2.24, 2.45) is 0 Å². The van der Waals surface area contributed by atoms with Gasteiger partial charge in [-0.25, -0.2) is 0 Å². The molecule has 100 valence electrons. The molecule has 2 nitrogen and oxygen atoms in total. The van der Waals surface area contributed by atoms with E-state index in [0.29, 0.717) is 0 Å². The zero-order valence-electron chi connectivity index (χ0n) is 11.5. The van der Waals surface area contributed by atoms with Crippen LogP contribution < -0.4 is 4.90 Å². The molecule has 1 aliphatic heterocycles. The summed E-state index contributed by atoms with van der Waals surface area (Å²) in [5.74, 6) is 0. The van der Waals surface area contributed by atoms with E-state index in [2.05, 4.69) is 19.1 Å². The molecule has 0 aliphatic carbocycles. The standard InChI is InChI=1S/C16H25NO/c1-2-16(18,15-9-5-3-6-10-15)11-14-17-12-7-4-8-13-17/h3,5-6,9-10,18H,2,4,7-8,11-14H2,1H3/p+1/t16-/m0/s1. The van der Waals surface area contributed by atoms with E-state index in [1.807, 2.05) is 18.2 Å². The van der Waals surface area contributed by atoms with Crippen LogP contribution in [0.2, 0.25) is 0 Å². The van der Waals surface area contributed by atoms with E-state index < -0.39 is 5.60 Å². The fourth-order valence-electron chi connectivity index (χ4n) is 2.96. The highest BCUT2D eigenvalue weighted by Crippen LogP contribution is 2.27. The van der Waals surface area contributed by atoms with Crippen LogP contribution in [0.15, 0.2) is 30.3 Å². The minimum atomic E-state index is -0.633. The summed E-state index contributed by atoms with van der Waals surface area (Å²) in [7, 11) is 0. The van der Waals surface area contributed by atoms with Gasteiger partial charge in [-0.1, -0.05) is 37.3 Å². The molecule has 0 saturated carbocycles. The van der Waals surface area contributed by atoms with Crippen LogP contribution in [0.3, 0.4) is 0 Å². The lowest BCUT2D eigenvalue weighted by Gasteiger charge is -2.31. The molecule has 0 radical (unpaired) electrons. The number of nitrogens with one attached hydrogen (secondary N) is 1. The Kier molecular flexibility index (Phi) is 4.79. The highest BCUT2D eigenvalue weighted by atomic mass is 16.3. The molecule has 1 fully saturated rings. The first kappa shape index (κ1) is 13.6.